The van der Waals surface area contributed by atoms with Gasteiger partial charge in [-0.15, -0.1) is 0 Å². The number of carbonyl (C=O) groups excluding carboxylic acids is 2. The van der Waals surface area contributed by atoms with Crippen molar-refractivity contribution in [3.63, 3.8) is 0 Å². The first-order valence-electron chi connectivity index (χ1n) is 5.97. The molecule has 0 aromatic carbocycles. The van der Waals surface area contributed by atoms with E-state index in [0.29, 0.717) is 13.0 Å². The van der Waals surface area contributed by atoms with Crippen LogP contribution in [0.1, 0.15) is 32.1 Å². The van der Waals surface area contributed by atoms with Gasteiger partial charge in [0.25, 0.3) is 0 Å². The van der Waals surface area contributed by atoms with Crippen LogP contribution in [-0.4, -0.2) is 31.4 Å². The van der Waals surface area contributed by atoms with Crippen molar-refractivity contribution in [2.24, 2.45) is 11.7 Å². The van der Waals surface area contributed by atoms with E-state index >= 15 is 0 Å². The van der Waals surface area contributed by atoms with Crippen LogP contribution >= 0.6 is 0 Å². The first-order chi connectivity index (χ1) is 7.70. The van der Waals surface area contributed by atoms with Crippen LogP contribution in [0.2, 0.25) is 0 Å². The lowest BCUT2D eigenvalue weighted by Gasteiger charge is -2.21. The molecule has 1 aliphatic rings. The molecule has 0 aromatic rings. The molecule has 2 amide bonds. The second-order valence-electron chi connectivity index (χ2n) is 4.26. The van der Waals surface area contributed by atoms with Gasteiger partial charge in [-0.1, -0.05) is 0 Å². The van der Waals surface area contributed by atoms with Crippen molar-refractivity contribution in [1.82, 2.24) is 10.6 Å². The Morgan fingerprint density at radius 1 is 1.38 bits per heavy atom. The minimum absolute atomic E-state index is 0.116. The second kappa shape index (κ2) is 7.22. The molecular formula is C11H21N3O2. The van der Waals surface area contributed by atoms with E-state index in [1.165, 1.54) is 0 Å². The number of carbonyl (C=O) groups is 2. The number of nitrogens with two attached hydrogens (primary N) is 1. The Balaban J connectivity index is 2.03. The molecule has 5 heteroatoms. The van der Waals surface area contributed by atoms with Gasteiger partial charge in [0.2, 0.25) is 11.8 Å². The fourth-order valence-electron chi connectivity index (χ4n) is 1.86. The van der Waals surface area contributed by atoms with Crippen LogP contribution in [0.15, 0.2) is 0 Å². The number of primary amides is 1. The summed E-state index contributed by atoms with van der Waals surface area (Å²) in [6.45, 7) is 2.44. The lowest BCUT2D eigenvalue weighted by molar-refractivity contribution is -0.125. The Morgan fingerprint density at radius 3 is 2.81 bits per heavy atom. The minimum Gasteiger partial charge on any atom is -0.370 e. The molecule has 4 N–H and O–H groups in total. The molecule has 1 heterocycles. The molecule has 0 saturated carbocycles. The number of nitrogens with one attached hydrogen (secondary N) is 2. The van der Waals surface area contributed by atoms with Gasteiger partial charge in [0.15, 0.2) is 0 Å². The van der Waals surface area contributed by atoms with Gasteiger partial charge in [0.1, 0.15) is 0 Å². The normalized spacial score (nSPS) is 20.4. The summed E-state index contributed by atoms with van der Waals surface area (Å²) >= 11 is 0. The third kappa shape index (κ3) is 5.11. The molecule has 0 unspecified atom stereocenters. The monoisotopic (exact) mass is 227 g/mol. The van der Waals surface area contributed by atoms with E-state index in [9.17, 15) is 9.59 Å². The van der Waals surface area contributed by atoms with Gasteiger partial charge in [-0.05, 0) is 32.2 Å². The zero-order valence-electron chi connectivity index (χ0n) is 9.63. The Morgan fingerprint density at radius 2 is 2.19 bits per heavy atom. The Kier molecular flexibility index (Phi) is 5.85. The molecule has 0 aliphatic carbocycles. The predicted molar refractivity (Wildman–Crippen MR) is 61.6 cm³/mol. The highest BCUT2D eigenvalue weighted by atomic mass is 16.2. The number of piperidine rings is 1. The molecule has 5 nitrogen and oxygen atoms in total. The van der Waals surface area contributed by atoms with Crippen molar-refractivity contribution in [1.29, 1.82) is 0 Å². The third-order valence-corrected chi connectivity index (χ3v) is 2.82. The molecule has 0 aromatic heterocycles. The van der Waals surface area contributed by atoms with E-state index in [-0.39, 0.29) is 17.7 Å². The number of unbranched alkanes of at least 4 members (excludes halogenated alkanes) is 1. The van der Waals surface area contributed by atoms with E-state index in [2.05, 4.69) is 10.6 Å². The van der Waals surface area contributed by atoms with Crippen molar-refractivity contribution in [3.05, 3.63) is 0 Å². The smallest absolute Gasteiger partial charge is 0.224 e. The van der Waals surface area contributed by atoms with E-state index in [1.54, 1.807) is 0 Å². The van der Waals surface area contributed by atoms with Gasteiger partial charge in [-0.3, -0.25) is 9.59 Å². The summed E-state index contributed by atoms with van der Waals surface area (Å²) in [5.74, 6) is -0.0287. The van der Waals surface area contributed by atoms with Gasteiger partial charge >= 0.3 is 0 Å². The molecule has 1 rings (SSSR count). The molecule has 0 radical (unpaired) electrons. The number of rotatable bonds is 6. The Bertz CT molecular complexity index is 237. The SMILES string of the molecule is NC(=O)CCCCNC(=O)[C@@H]1CCCNC1. The summed E-state index contributed by atoms with van der Waals surface area (Å²) in [6.07, 6.45) is 4.01. The number of hydrogen-bond acceptors (Lipinski definition) is 3. The second-order valence-corrected chi connectivity index (χ2v) is 4.26. The quantitative estimate of drug-likeness (QED) is 0.547. The lowest BCUT2D eigenvalue weighted by Crippen LogP contribution is -2.40. The largest absolute Gasteiger partial charge is 0.370 e. The van der Waals surface area contributed by atoms with Crippen LogP contribution in [0, 0.1) is 5.92 Å². The number of amides is 2. The summed E-state index contributed by atoms with van der Waals surface area (Å²) < 4.78 is 0. The van der Waals surface area contributed by atoms with Gasteiger partial charge < -0.3 is 16.4 Å². The average Bonchev–Trinajstić information content (AvgIpc) is 2.29. The average molecular weight is 227 g/mol. The van der Waals surface area contributed by atoms with Crippen molar-refractivity contribution in [2.75, 3.05) is 19.6 Å². The van der Waals surface area contributed by atoms with E-state index in [1.807, 2.05) is 0 Å². The summed E-state index contributed by atoms with van der Waals surface area (Å²) in [6, 6.07) is 0. The Labute approximate surface area is 96.1 Å². The topological polar surface area (TPSA) is 84.2 Å². The van der Waals surface area contributed by atoms with Crippen LogP contribution in [-0.2, 0) is 9.59 Å². The lowest BCUT2D eigenvalue weighted by atomic mass is 9.99. The highest BCUT2D eigenvalue weighted by Gasteiger charge is 2.19. The molecule has 0 bridgehead atoms. The molecule has 1 saturated heterocycles. The van der Waals surface area contributed by atoms with Crippen LogP contribution in [0.5, 0.6) is 0 Å². The zero-order chi connectivity index (χ0) is 11.8. The van der Waals surface area contributed by atoms with Crippen molar-refractivity contribution in [3.8, 4) is 0 Å². The van der Waals surface area contributed by atoms with Gasteiger partial charge in [0.05, 0.1) is 5.92 Å². The maximum Gasteiger partial charge on any atom is 0.224 e. The third-order valence-electron chi connectivity index (χ3n) is 2.82. The first-order valence-corrected chi connectivity index (χ1v) is 5.97. The highest BCUT2D eigenvalue weighted by Crippen LogP contribution is 2.09. The van der Waals surface area contributed by atoms with Gasteiger partial charge in [0, 0.05) is 19.5 Å². The predicted octanol–water partition coefficient (Wildman–Crippen LogP) is -0.242. The maximum absolute atomic E-state index is 11.7. The van der Waals surface area contributed by atoms with E-state index < -0.39 is 0 Å². The fourth-order valence-corrected chi connectivity index (χ4v) is 1.86. The molecule has 92 valence electrons. The fraction of sp³-hybridized carbons (Fsp3) is 0.818. The van der Waals surface area contributed by atoms with Crippen molar-refractivity contribution >= 4 is 11.8 Å². The first kappa shape index (κ1) is 13.0. The molecule has 16 heavy (non-hydrogen) atoms. The van der Waals surface area contributed by atoms with Crippen LogP contribution in [0.3, 0.4) is 0 Å². The number of hydrogen-bond donors (Lipinski definition) is 3. The summed E-state index contributed by atoms with van der Waals surface area (Å²) in [5, 5.41) is 6.11. The molecular weight excluding hydrogens is 206 g/mol. The standard InChI is InChI=1S/C11H21N3O2/c12-10(15)5-1-2-7-14-11(16)9-4-3-6-13-8-9/h9,13H,1-8H2,(H2,12,15)(H,14,16)/t9-/m1/s1. The maximum atomic E-state index is 11.7. The zero-order valence-corrected chi connectivity index (χ0v) is 9.63. The van der Waals surface area contributed by atoms with Gasteiger partial charge in [-0.2, -0.15) is 0 Å². The molecule has 1 fully saturated rings. The van der Waals surface area contributed by atoms with Crippen molar-refractivity contribution < 1.29 is 9.59 Å². The minimum atomic E-state index is -0.275. The Hall–Kier alpha value is -1.10. The van der Waals surface area contributed by atoms with Crippen molar-refractivity contribution in [2.45, 2.75) is 32.1 Å². The van der Waals surface area contributed by atoms with Crippen LogP contribution in [0.4, 0.5) is 0 Å². The van der Waals surface area contributed by atoms with Crippen LogP contribution in [0.25, 0.3) is 0 Å². The summed E-state index contributed by atoms with van der Waals surface area (Å²) in [5.41, 5.74) is 5.02. The van der Waals surface area contributed by atoms with Crippen LogP contribution < -0.4 is 16.4 Å². The summed E-state index contributed by atoms with van der Waals surface area (Å²) in [4.78, 5) is 22.1. The van der Waals surface area contributed by atoms with E-state index in [4.69, 9.17) is 5.73 Å². The molecule has 1 aliphatic heterocycles. The van der Waals surface area contributed by atoms with Gasteiger partial charge in [-0.25, -0.2) is 0 Å². The van der Waals surface area contributed by atoms with E-state index in [0.717, 1.165) is 38.8 Å². The highest BCUT2D eigenvalue weighted by molar-refractivity contribution is 5.78. The molecule has 1 atom stereocenters. The summed E-state index contributed by atoms with van der Waals surface area (Å²) in [7, 11) is 0. The molecule has 0 spiro atoms.